The van der Waals surface area contributed by atoms with Crippen molar-refractivity contribution in [1.29, 1.82) is 0 Å². The summed E-state index contributed by atoms with van der Waals surface area (Å²) in [5.74, 6) is 0. The van der Waals surface area contributed by atoms with Gasteiger partial charge < -0.3 is 6.74 Å². The standard InChI is InChI=1S/C8H17N.Li.H/c1-2-3-4-5-6-8-7-9-8;;/h8-9H,2-7H2,1H3;;/q;+1;-1. The van der Waals surface area contributed by atoms with Gasteiger partial charge in [0.15, 0.2) is 0 Å². The second kappa shape index (κ2) is 6.28. The molecule has 0 aliphatic carbocycles. The van der Waals surface area contributed by atoms with Crippen LogP contribution in [0, 0.1) is 0 Å². The van der Waals surface area contributed by atoms with Crippen LogP contribution in [-0.4, -0.2) is 12.6 Å². The van der Waals surface area contributed by atoms with Crippen molar-refractivity contribution < 1.29 is 20.3 Å². The van der Waals surface area contributed by atoms with Crippen LogP contribution in [0.2, 0.25) is 0 Å². The Balaban J connectivity index is 0. The van der Waals surface area contributed by atoms with E-state index in [9.17, 15) is 0 Å². The van der Waals surface area contributed by atoms with Crippen LogP contribution in [0.5, 0.6) is 0 Å². The SMILES string of the molecule is CCCCCCC1CN1.[H-].[Li+]. The van der Waals surface area contributed by atoms with Gasteiger partial charge in [0.2, 0.25) is 0 Å². The van der Waals surface area contributed by atoms with Crippen LogP contribution in [0.4, 0.5) is 0 Å². The fraction of sp³-hybridized carbons (Fsp3) is 1.00. The summed E-state index contributed by atoms with van der Waals surface area (Å²) in [6, 6.07) is 0.904. The summed E-state index contributed by atoms with van der Waals surface area (Å²) in [4.78, 5) is 0. The maximum absolute atomic E-state index is 3.31. The minimum absolute atomic E-state index is 0. The minimum Gasteiger partial charge on any atom is -1.00 e. The first-order valence-electron chi connectivity index (χ1n) is 4.17. The number of hydrogen-bond donors (Lipinski definition) is 1. The van der Waals surface area contributed by atoms with Gasteiger partial charge in [-0.3, -0.25) is 0 Å². The smallest absolute Gasteiger partial charge is 1.00 e. The molecule has 1 N–H and O–H groups in total. The molecule has 1 aliphatic heterocycles. The Hall–Kier alpha value is 0.557. The molecule has 1 heterocycles. The fourth-order valence-corrected chi connectivity index (χ4v) is 1.10. The van der Waals surface area contributed by atoms with Gasteiger partial charge in [0, 0.05) is 12.6 Å². The molecule has 2 heteroatoms. The summed E-state index contributed by atoms with van der Waals surface area (Å²) >= 11 is 0. The van der Waals surface area contributed by atoms with Crippen molar-refractivity contribution in [2.75, 3.05) is 6.54 Å². The normalized spacial score (nSPS) is 21.9. The van der Waals surface area contributed by atoms with Crippen LogP contribution in [0.1, 0.15) is 40.5 Å². The van der Waals surface area contributed by atoms with E-state index in [0.29, 0.717) is 0 Å². The molecule has 0 aromatic carbocycles. The predicted molar refractivity (Wildman–Crippen MR) is 41.7 cm³/mol. The molecule has 0 aromatic heterocycles. The van der Waals surface area contributed by atoms with E-state index in [1.54, 1.807) is 0 Å². The largest absolute Gasteiger partial charge is 1.00 e. The van der Waals surface area contributed by atoms with E-state index in [0.717, 1.165) is 6.04 Å². The van der Waals surface area contributed by atoms with Gasteiger partial charge in [-0.1, -0.05) is 32.6 Å². The van der Waals surface area contributed by atoms with Crippen molar-refractivity contribution in [2.24, 2.45) is 0 Å². The molecule has 1 fully saturated rings. The second-order valence-corrected chi connectivity index (χ2v) is 2.95. The van der Waals surface area contributed by atoms with E-state index in [4.69, 9.17) is 0 Å². The van der Waals surface area contributed by atoms with Crippen molar-refractivity contribution in [3.63, 3.8) is 0 Å². The van der Waals surface area contributed by atoms with E-state index >= 15 is 0 Å². The number of unbranched alkanes of at least 4 members (excludes halogenated alkanes) is 3. The number of nitrogens with one attached hydrogen (secondary N) is 1. The summed E-state index contributed by atoms with van der Waals surface area (Å²) in [6.07, 6.45) is 7.07. The molecule has 0 spiro atoms. The first-order valence-corrected chi connectivity index (χ1v) is 4.17. The topological polar surface area (TPSA) is 21.9 Å². The third-order valence-corrected chi connectivity index (χ3v) is 1.90. The fourth-order valence-electron chi connectivity index (χ4n) is 1.10. The first-order chi connectivity index (χ1) is 4.43. The minimum atomic E-state index is 0. The van der Waals surface area contributed by atoms with E-state index in [-0.39, 0.29) is 20.3 Å². The third-order valence-electron chi connectivity index (χ3n) is 1.90. The van der Waals surface area contributed by atoms with Crippen molar-refractivity contribution in [1.82, 2.24) is 5.32 Å². The maximum atomic E-state index is 3.31. The molecular formula is C8H18LiN. The number of hydrogen-bond acceptors (Lipinski definition) is 1. The zero-order chi connectivity index (χ0) is 6.53. The zero-order valence-corrected chi connectivity index (χ0v) is 7.32. The molecule has 0 bridgehead atoms. The summed E-state index contributed by atoms with van der Waals surface area (Å²) in [5.41, 5.74) is 0. The molecule has 1 unspecified atom stereocenters. The molecule has 1 atom stereocenters. The Morgan fingerprint density at radius 3 is 2.60 bits per heavy atom. The van der Waals surface area contributed by atoms with Crippen molar-refractivity contribution in [3.8, 4) is 0 Å². The average molecular weight is 135 g/mol. The number of rotatable bonds is 5. The van der Waals surface area contributed by atoms with E-state index in [2.05, 4.69) is 12.2 Å². The van der Waals surface area contributed by atoms with Crippen LogP contribution in [0.25, 0.3) is 0 Å². The molecule has 1 nitrogen and oxygen atoms in total. The summed E-state index contributed by atoms with van der Waals surface area (Å²) in [6.45, 7) is 3.54. The van der Waals surface area contributed by atoms with Gasteiger partial charge in [-0.2, -0.15) is 0 Å². The Labute approximate surface area is 77.6 Å². The van der Waals surface area contributed by atoms with E-state index < -0.39 is 0 Å². The Kier molecular flexibility index (Phi) is 6.63. The Morgan fingerprint density at radius 2 is 2.10 bits per heavy atom. The molecule has 0 radical (unpaired) electrons. The Bertz CT molecular complexity index is 76.5. The van der Waals surface area contributed by atoms with Crippen LogP contribution >= 0.6 is 0 Å². The average Bonchev–Trinajstić information content (AvgIpc) is 2.63. The molecule has 10 heavy (non-hydrogen) atoms. The maximum Gasteiger partial charge on any atom is 1.00 e. The monoisotopic (exact) mass is 135 g/mol. The molecule has 56 valence electrons. The molecule has 0 aromatic rings. The van der Waals surface area contributed by atoms with Crippen molar-refractivity contribution in [2.45, 2.75) is 45.1 Å². The predicted octanol–water partition coefficient (Wildman–Crippen LogP) is -0.955. The zero-order valence-electron chi connectivity index (χ0n) is 8.32. The second-order valence-electron chi connectivity index (χ2n) is 2.95. The van der Waals surface area contributed by atoms with Gasteiger partial charge in [0.05, 0.1) is 0 Å². The van der Waals surface area contributed by atoms with Crippen LogP contribution in [-0.2, 0) is 0 Å². The first kappa shape index (κ1) is 10.6. The molecule has 1 saturated heterocycles. The molecule has 0 amide bonds. The van der Waals surface area contributed by atoms with E-state index in [1.165, 1.54) is 38.6 Å². The van der Waals surface area contributed by atoms with Crippen LogP contribution < -0.4 is 24.2 Å². The van der Waals surface area contributed by atoms with Gasteiger partial charge in [0.25, 0.3) is 0 Å². The molecule has 1 rings (SSSR count). The summed E-state index contributed by atoms with van der Waals surface area (Å²) < 4.78 is 0. The van der Waals surface area contributed by atoms with Gasteiger partial charge in [-0.05, 0) is 6.42 Å². The van der Waals surface area contributed by atoms with Crippen LogP contribution in [0.3, 0.4) is 0 Å². The van der Waals surface area contributed by atoms with Crippen molar-refractivity contribution >= 4 is 0 Å². The molecular weight excluding hydrogens is 117 g/mol. The van der Waals surface area contributed by atoms with Gasteiger partial charge >= 0.3 is 18.9 Å². The third kappa shape index (κ3) is 5.35. The summed E-state index contributed by atoms with van der Waals surface area (Å²) in [5, 5.41) is 3.31. The Morgan fingerprint density at radius 1 is 1.40 bits per heavy atom. The molecule has 1 aliphatic rings. The van der Waals surface area contributed by atoms with Gasteiger partial charge in [-0.25, -0.2) is 0 Å². The van der Waals surface area contributed by atoms with E-state index in [1.807, 2.05) is 0 Å². The molecule has 0 saturated carbocycles. The van der Waals surface area contributed by atoms with Gasteiger partial charge in [-0.15, -0.1) is 0 Å². The van der Waals surface area contributed by atoms with Gasteiger partial charge in [0.1, 0.15) is 0 Å². The van der Waals surface area contributed by atoms with Crippen molar-refractivity contribution in [3.05, 3.63) is 0 Å². The quantitative estimate of drug-likeness (QED) is 0.293. The van der Waals surface area contributed by atoms with Crippen LogP contribution in [0.15, 0.2) is 0 Å². The summed E-state index contributed by atoms with van der Waals surface area (Å²) in [7, 11) is 0.